The van der Waals surface area contributed by atoms with Crippen molar-refractivity contribution in [2.24, 2.45) is 0 Å². The average molecular weight is 274 g/mol. The van der Waals surface area contributed by atoms with E-state index in [1.807, 2.05) is 0 Å². The van der Waals surface area contributed by atoms with Crippen LogP contribution < -0.4 is 5.32 Å². The number of aryl methyl sites for hydroxylation is 1. The molecule has 20 heavy (non-hydrogen) atoms. The minimum atomic E-state index is 0.491. The predicted molar refractivity (Wildman–Crippen MR) is 87.1 cm³/mol. The lowest BCUT2D eigenvalue weighted by molar-refractivity contribution is 0.156. The summed E-state index contributed by atoms with van der Waals surface area (Å²) in [6, 6.07) is 10.2. The molecule has 2 unspecified atom stereocenters. The summed E-state index contributed by atoms with van der Waals surface area (Å²) in [6.45, 7) is 10.2. The molecule has 0 fully saturated rings. The van der Waals surface area contributed by atoms with Gasteiger partial charge in [0.05, 0.1) is 0 Å². The summed E-state index contributed by atoms with van der Waals surface area (Å²) in [6.07, 6.45) is 5.09. The van der Waals surface area contributed by atoms with Gasteiger partial charge in [-0.1, -0.05) is 45.0 Å². The number of fused-ring (bicyclic) bond motifs is 1. The molecule has 1 aliphatic carbocycles. The fourth-order valence-electron chi connectivity index (χ4n) is 3.65. The number of hydrogen-bond acceptors (Lipinski definition) is 2. The lowest BCUT2D eigenvalue weighted by atomic mass is 9.94. The third-order valence-electron chi connectivity index (χ3n) is 4.53. The molecule has 2 atom stereocenters. The lowest BCUT2D eigenvalue weighted by Crippen LogP contribution is -2.44. The van der Waals surface area contributed by atoms with Gasteiger partial charge in [-0.05, 0) is 56.4 Å². The Labute approximate surface area is 124 Å². The van der Waals surface area contributed by atoms with Gasteiger partial charge in [-0.2, -0.15) is 0 Å². The summed E-state index contributed by atoms with van der Waals surface area (Å²) in [5, 5.41) is 3.76. The van der Waals surface area contributed by atoms with E-state index in [0.717, 1.165) is 13.1 Å². The zero-order valence-corrected chi connectivity index (χ0v) is 13.4. The van der Waals surface area contributed by atoms with Crippen LogP contribution in [0.4, 0.5) is 0 Å². The number of rotatable bonds is 6. The molecule has 0 aromatic heterocycles. The highest BCUT2D eigenvalue weighted by Crippen LogP contribution is 2.32. The maximum Gasteiger partial charge on any atom is 0.0480 e. The van der Waals surface area contributed by atoms with Crippen LogP contribution in [0.1, 0.15) is 57.2 Å². The van der Waals surface area contributed by atoms with Crippen molar-refractivity contribution in [3.8, 4) is 0 Å². The summed E-state index contributed by atoms with van der Waals surface area (Å²) < 4.78 is 0. The van der Waals surface area contributed by atoms with Crippen LogP contribution in [0.3, 0.4) is 0 Å². The Balaban J connectivity index is 2.31. The highest BCUT2D eigenvalue weighted by atomic mass is 15.2. The second-order valence-corrected chi connectivity index (χ2v) is 5.82. The second-order valence-electron chi connectivity index (χ2n) is 5.82. The van der Waals surface area contributed by atoms with Gasteiger partial charge in [-0.15, -0.1) is 0 Å². The number of nitrogens with zero attached hydrogens (tertiary/aromatic N) is 1. The molecule has 0 radical (unpaired) electrons. The van der Waals surface area contributed by atoms with Crippen LogP contribution in [0.2, 0.25) is 0 Å². The van der Waals surface area contributed by atoms with Crippen molar-refractivity contribution >= 4 is 0 Å². The first-order chi connectivity index (χ1) is 9.81. The van der Waals surface area contributed by atoms with Crippen molar-refractivity contribution in [3.63, 3.8) is 0 Å². The van der Waals surface area contributed by atoms with Crippen molar-refractivity contribution in [1.82, 2.24) is 10.2 Å². The minimum absolute atomic E-state index is 0.491. The first kappa shape index (κ1) is 15.5. The van der Waals surface area contributed by atoms with E-state index in [0.29, 0.717) is 12.1 Å². The molecule has 2 rings (SSSR count). The summed E-state index contributed by atoms with van der Waals surface area (Å²) in [4.78, 5) is 2.68. The number of likely N-dealkylation sites (N-methyl/N-ethyl adjacent to an activating group) is 2. The largest absolute Gasteiger partial charge is 0.309 e. The van der Waals surface area contributed by atoms with Crippen molar-refractivity contribution in [1.29, 1.82) is 0 Å². The van der Waals surface area contributed by atoms with Crippen LogP contribution in [0.5, 0.6) is 0 Å². The van der Waals surface area contributed by atoms with Gasteiger partial charge >= 0.3 is 0 Å². The number of nitrogens with one attached hydrogen (secondary N) is 1. The van der Waals surface area contributed by atoms with E-state index in [9.17, 15) is 0 Å². The standard InChI is InChI=1S/C18H30N2/c1-4-14-20(6-3)17-13-9-11-15-10-7-8-12-16(15)18(17)19-5-2/h7-8,10,12,17-19H,4-6,9,11,13-14H2,1-3H3. The molecule has 0 aliphatic heterocycles. The van der Waals surface area contributed by atoms with E-state index in [-0.39, 0.29) is 0 Å². The zero-order valence-electron chi connectivity index (χ0n) is 13.4. The summed E-state index contributed by atoms with van der Waals surface area (Å²) >= 11 is 0. The van der Waals surface area contributed by atoms with Crippen LogP contribution in [0.25, 0.3) is 0 Å². The Bertz CT molecular complexity index is 402. The fourth-order valence-corrected chi connectivity index (χ4v) is 3.65. The van der Waals surface area contributed by atoms with Gasteiger partial charge in [0.2, 0.25) is 0 Å². The summed E-state index contributed by atoms with van der Waals surface area (Å²) in [5.41, 5.74) is 3.08. The van der Waals surface area contributed by atoms with Gasteiger partial charge in [0, 0.05) is 12.1 Å². The van der Waals surface area contributed by atoms with Gasteiger partial charge < -0.3 is 5.32 Å². The topological polar surface area (TPSA) is 15.3 Å². The van der Waals surface area contributed by atoms with Crippen LogP contribution in [-0.4, -0.2) is 30.6 Å². The van der Waals surface area contributed by atoms with Gasteiger partial charge in [-0.3, -0.25) is 4.90 Å². The van der Waals surface area contributed by atoms with Crippen LogP contribution in [0.15, 0.2) is 24.3 Å². The number of benzene rings is 1. The first-order valence-corrected chi connectivity index (χ1v) is 8.37. The molecule has 112 valence electrons. The smallest absolute Gasteiger partial charge is 0.0480 e. The Morgan fingerprint density at radius 3 is 2.70 bits per heavy atom. The predicted octanol–water partition coefficient (Wildman–Crippen LogP) is 3.77. The average Bonchev–Trinajstić information content (AvgIpc) is 2.65. The maximum atomic E-state index is 3.76. The third-order valence-corrected chi connectivity index (χ3v) is 4.53. The molecule has 1 aromatic rings. The molecule has 1 aliphatic rings. The van der Waals surface area contributed by atoms with Crippen molar-refractivity contribution in [3.05, 3.63) is 35.4 Å². The zero-order chi connectivity index (χ0) is 14.4. The molecule has 0 amide bonds. The number of hydrogen-bond donors (Lipinski definition) is 1. The summed E-state index contributed by atoms with van der Waals surface area (Å²) in [5.74, 6) is 0. The molecule has 1 N–H and O–H groups in total. The molecule has 0 saturated carbocycles. The highest BCUT2D eigenvalue weighted by molar-refractivity contribution is 5.32. The molecule has 2 nitrogen and oxygen atoms in total. The van der Waals surface area contributed by atoms with E-state index in [4.69, 9.17) is 0 Å². The normalized spacial score (nSPS) is 22.6. The molecule has 0 bridgehead atoms. The van der Waals surface area contributed by atoms with E-state index in [1.165, 1.54) is 37.8 Å². The SMILES string of the molecule is CCCN(CC)C1CCCc2ccccc2C1NCC. The minimum Gasteiger partial charge on any atom is -0.309 e. The Morgan fingerprint density at radius 2 is 2.00 bits per heavy atom. The molecular formula is C18H30N2. The Kier molecular flexibility index (Phi) is 6.06. The molecule has 2 heteroatoms. The van der Waals surface area contributed by atoms with Crippen molar-refractivity contribution in [2.45, 2.75) is 58.5 Å². The maximum absolute atomic E-state index is 3.76. The van der Waals surface area contributed by atoms with Crippen molar-refractivity contribution in [2.75, 3.05) is 19.6 Å². The third kappa shape index (κ3) is 3.42. The van der Waals surface area contributed by atoms with E-state index >= 15 is 0 Å². The molecule has 1 aromatic carbocycles. The second kappa shape index (κ2) is 7.80. The van der Waals surface area contributed by atoms with Crippen molar-refractivity contribution < 1.29 is 0 Å². The quantitative estimate of drug-likeness (QED) is 0.794. The highest BCUT2D eigenvalue weighted by Gasteiger charge is 2.30. The van der Waals surface area contributed by atoms with Crippen LogP contribution in [0, 0.1) is 0 Å². The van der Waals surface area contributed by atoms with Gasteiger partial charge in [0.1, 0.15) is 0 Å². The van der Waals surface area contributed by atoms with Gasteiger partial charge in [-0.25, -0.2) is 0 Å². The molecular weight excluding hydrogens is 244 g/mol. The first-order valence-electron chi connectivity index (χ1n) is 8.37. The van der Waals surface area contributed by atoms with E-state index < -0.39 is 0 Å². The lowest BCUT2D eigenvalue weighted by Gasteiger charge is -2.36. The van der Waals surface area contributed by atoms with Crippen LogP contribution >= 0.6 is 0 Å². The van der Waals surface area contributed by atoms with Crippen LogP contribution in [-0.2, 0) is 6.42 Å². The molecule has 0 saturated heterocycles. The monoisotopic (exact) mass is 274 g/mol. The van der Waals surface area contributed by atoms with Gasteiger partial charge in [0.25, 0.3) is 0 Å². The Morgan fingerprint density at radius 1 is 1.20 bits per heavy atom. The van der Waals surface area contributed by atoms with E-state index in [1.54, 1.807) is 5.56 Å². The molecule has 0 spiro atoms. The Hall–Kier alpha value is -0.860. The van der Waals surface area contributed by atoms with E-state index in [2.05, 4.69) is 55.3 Å². The molecule has 0 heterocycles. The summed E-state index contributed by atoms with van der Waals surface area (Å²) in [7, 11) is 0. The fraction of sp³-hybridized carbons (Fsp3) is 0.667. The van der Waals surface area contributed by atoms with Gasteiger partial charge in [0.15, 0.2) is 0 Å².